The molecule has 1 atom stereocenters. The number of nitrogens with zero attached hydrogens (tertiary/aromatic N) is 2. The minimum atomic E-state index is -0.192. The molecule has 0 aliphatic carbocycles. The highest BCUT2D eigenvalue weighted by Crippen LogP contribution is 2.28. The van der Waals surface area contributed by atoms with Crippen LogP contribution in [-0.2, 0) is 6.42 Å². The quantitative estimate of drug-likeness (QED) is 0.685. The number of rotatable bonds is 6. The Kier molecular flexibility index (Phi) is 5.03. The SMILES string of the molecule is CCCC(CC)n1c(CCCl)nc2cc(F)c(C)cc21. The van der Waals surface area contributed by atoms with Crippen molar-refractivity contribution < 1.29 is 4.39 Å². The molecule has 0 radical (unpaired) electrons. The summed E-state index contributed by atoms with van der Waals surface area (Å²) in [4.78, 5) is 4.59. The number of hydrogen-bond acceptors (Lipinski definition) is 1. The summed E-state index contributed by atoms with van der Waals surface area (Å²) in [7, 11) is 0. The molecule has 0 fully saturated rings. The van der Waals surface area contributed by atoms with Crippen molar-refractivity contribution in [3.05, 3.63) is 29.3 Å². The predicted molar refractivity (Wildman–Crippen MR) is 83.1 cm³/mol. The van der Waals surface area contributed by atoms with Crippen molar-refractivity contribution in [2.45, 2.75) is 52.5 Å². The first-order chi connectivity index (χ1) is 9.62. The maximum atomic E-state index is 13.7. The molecule has 0 bridgehead atoms. The zero-order valence-corrected chi connectivity index (χ0v) is 13.2. The molecular weight excluding hydrogens is 275 g/mol. The second-order valence-electron chi connectivity index (χ2n) is 5.28. The molecule has 110 valence electrons. The Labute approximate surface area is 125 Å². The molecule has 1 heterocycles. The lowest BCUT2D eigenvalue weighted by molar-refractivity contribution is 0.445. The maximum absolute atomic E-state index is 13.7. The van der Waals surface area contributed by atoms with Gasteiger partial charge in [-0.25, -0.2) is 9.37 Å². The lowest BCUT2D eigenvalue weighted by atomic mass is 10.1. The third-order valence-electron chi connectivity index (χ3n) is 3.82. The topological polar surface area (TPSA) is 17.8 Å². The first kappa shape index (κ1) is 15.3. The summed E-state index contributed by atoms with van der Waals surface area (Å²) in [5, 5.41) is 0. The molecule has 20 heavy (non-hydrogen) atoms. The van der Waals surface area contributed by atoms with Gasteiger partial charge in [0.1, 0.15) is 11.6 Å². The number of aryl methyl sites for hydroxylation is 2. The Morgan fingerprint density at radius 3 is 2.70 bits per heavy atom. The molecule has 0 saturated heterocycles. The van der Waals surface area contributed by atoms with Crippen LogP contribution in [0, 0.1) is 12.7 Å². The van der Waals surface area contributed by atoms with E-state index in [1.165, 1.54) is 6.07 Å². The minimum Gasteiger partial charge on any atom is -0.325 e. The van der Waals surface area contributed by atoms with E-state index < -0.39 is 0 Å². The predicted octanol–water partition coefficient (Wildman–Crippen LogP) is 5.02. The number of fused-ring (bicyclic) bond motifs is 1. The molecule has 1 unspecified atom stereocenters. The van der Waals surface area contributed by atoms with E-state index in [1.807, 2.05) is 6.07 Å². The molecule has 0 aliphatic heterocycles. The second-order valence-corrected chi connectivity index (χ2v) is 5.66. The van der Waals surface area contributed by atoms with Crippen molar-refractivity contribution in [2.75, 3.05) is 5.88 Å². The van der Waals surface area contributed by atoms with Crippen molar-refractivity contribution >= 4 is 22.6 Å². The number of halogens is 2. The zero-order chi connectivity index (χ0) is 14.7. The van der Waals surface area contributed by atoms with Gasteiger partial charge in [-0.1, -0.05) is 20.3 Å². The van der Waals surface area contributed by atoms with Crippen LogP contribution in [0.4, 0.5) is 4.39 Å². The summed E-state index contributed by atoms with van der Waals surface area (Å²) in [5.41, 5.74) is 2.44. The van der Waals surface area contributed by atoms with Gasteiger partial charge in [0.2, 0.25) is 0 Å². The van der Waals surface area contributed by atoms with E-state index in [1.54, 1.807) is 6.92 Å². The third-order valence-corrected chi connectivity index (χ3v) is 4.01. The standard InChI is InChI=1S/C16H22ClFN2/c1-4-6-12(5-2)20-15-9-11(3)13(18)10-14(15)19-16(20)7-8-17/h9-10,12H,4-8H2,1-3H3. The van der Waals surface area contributed by atoms with Gasteiger partial charge in [0.15, 0.2) is 0 Å². The van der Waals surface area contributed by atoms with Crippen LogP contribution < -0.4 is 0 Å². The highest BCUT2D eigenvalue weighted by atomic mass is 35.5. The van der Waals surface area contributed by atoms with Gasteiger partial charge in [0.25, 0.3) is 0 Å². The van der Waals surface area contributed by atoms with E-state index in [4.69, 9.17) is 11.6 Å². The van der Waals surface area contributed by atoms with Crippen molar-refractivity contribution in [3.63, 3.8) is 0 Å². The Morgan fingerprint density at radius 1 is 1.35 bits per heavy atom. The number of benzene rings is 1. The molecule has 0 spiro atoms. The molecule has 1 aromatic carbocycles. The first-order valence-electron chi connectivity index (χ1n) is 7.35. The van der Waals surface area contributed by atoms with Gasteiger partial charge in [0.05, 0.1) is 11.0 Å². The molecule has 2 aromatic rings. The van der Waals surface area contributed by atoms with Crippen LogP contribution in [0.2, 0.25) is 0 Å². The average molecular weight is 297 g/mol. The number of hydrogen-bond donors (Lipinski definition) is 0. The molecule has 2 nitrogen and oxygen atoms in total. The second kappa shape index (κ2) is 6.57. The van der Waals surface area contributed by atoms with Crippen molar-refractivity contribution in [2.24, 2.45) is 0 Å². The fourth-order valence-electron chi connectivity index (χ4n) is 2.79. The van der Waals surface area contributed by atoms with Crippen LogP contribution in [0.5, 0.6) is 0 Å². The minimum absolute atomic E-state index is 0.192. The normalized spacial score (nSPS) is 13.1. The van der Waals surface area contributed by atoms with E-state index in [0.29, 0.717) is 17.5 Å². The van der Waals surface area contributed by atoms with Gasteiger partial charge in [0, 0.05) is 24.4 Å². The van der Waals surface area contributed by atoms with Crippen LogP contribution in [0.1, 0.15) is 50.5 Å². The van der Waals surface area contributed by atoms with E-state index in [2.05, 4.69) is 23.4 Å². The van der Waals surface area contributed by atoms with E-state index in [9.17, 15) is 4.39 Å². The Balaban J connectivity index is 2.63. The number of alkyl halides is 1. The monoisotopic (exact) mass is 296 g/mol. The lowest BCUT2D eigenvalue weighted by Crippen LogP contribution is -2.12. The van der Waals surface area contributed by atoms with Crippen molar-refractivity contribution in [3.8, 4) is 0 Å². The summed E-state index contributed by atoms with van der Waals surface area (Å²) >= 11 is 5.90. The average Bonchev–Trinajstić information content (AvgIpc) is 2.74. The van der Waals surface area contributed by atoms with Crippen LogP contribution in [0.15, 0.2) is 12.1 Å². The summed E-state index contributed by atoms with van der Waals surface area (Å²) in [6.45, 7) is 6.18. The molecule has 0 N–H and O–H groups in total. The van der Waals surface area contributed by atoms with Gasteiger partial charge >= 0.3 is 0 Å². The highest BCUT2D eigenvalue weighted by Gasteiger charge is 2.18. The summed E-state index contributed by atoms with van der Waals surface area (Å²) in [6.07, 6.45) is 3.99. The van der Waals surface area contributed by atoms with E-state index >= 15 is 0 Å². The van der Waals surface area contributed by atoms with Crippen LogP contribution in [0.25, 0.3) is 11.0 Å². The zero-order valence-electron chi connectivity index (χ0n) is 12.4. The van der Waals surface area contributed by atoms with Crippen LogP contribution >= 0.6 is 11.6 Å². The Bertz CT molecular complexity index is 592. The Hall–Kier alpha value is -1.09. The van der Waals surface area contributed by atoms with Gasteiger partial charge in [-0.05, 0) is 31.4 Å². The third kappa shape index (κ3) is 2.83. The molecule has 0 aliphatic rings. The molecule has 0 amide bonds. The summed E-state index contributed by atoms with van der Waals surface area (Å²) in [6, 6.07) is 3.86. The number of imidazole rings is 1. The largest absolute Gasteiger partial charge is 0.325 e. The molecule has 0 saturated carbocycles. The van der Waals surface area contributed by atoms with Crippen molar-refractivity contribution in [1.82, 2.24) is 9.55 Å². The maximum Gasteiger partial charge on any atom is 0.128 e. The smallest absolute Gasteiger partial charge is 0.128 e. The number of aromatic nitrogens is 2. The van der Waals surface area contributed by atoms with Gasteiger partial charge < -0.3 is 4.57 Å². The van der Waals surface area contributed by atoms with Gasteiger partial charge in [-0.3, -0.25) is 0 Å². The van der Waals surface area contributed by atoms with Crippen LogP contribution in [-0.4, -0.2) is 15.4 Å². The molecular formula is C16H22ClFN2. The summed E-state index contributed by atoms with van der Waals surface area (Å²) in [5.74, 6) is 1.32. The molecule has 1 aromatic heterocycles. The fraction of sp³-hybridized carbons (Fsp3) is 0.562. The Morgan fingerprint density at radius 2 is 2.10 bits per heavy atom. The van der Waals surface area contributed by atoms with Gasteiger partial charge in [-0.2, -0.15) is 0 Å². The molecule has 2 rings (SSSR count). The summed E-state index contributed by atoms with van der Waals surface area (Å²) < 4.78 is 16.0. The fourth-order valence-corrected chi connectivity index (χ4v) is 2.96. The van der Waals surface area contributed by atoms with E-state index in [-0.39, 0.29) is 5.82 Å². The van der Waals surface area contributed by atoms with Crippen molar-refractivity contribution in [1.29, 1.82) is 0 Å². The molecule has 4 heteroatoms. The first-order valence-corrected chi connectivity index (χ1v) is 7.88. The highest BCUT2D eigenvalue weighted by molar-refractivity contribution is 6.17. The van der Waals surface area contributed by atoms with E-state index in [0.717, 1.165) is 42.5 Å². The van der Waals surface area contributed by atoms with Gasteiger partial charge in [-0.15, -0.1) is 11.6 Å². The van der Waals surface area contributed by atoms with Crippen LogP contribution in [0.3, 0.4) is 0 Å². The lowest BCUT2D eigenvalue weighted by Gasteiger charge is -2.20.